The van der Waals surface area contributed by atoms with Crippen LogP contribution in [0.25, 0.3) is 0 Å². The van der Waals surface area contributed by atoms with E-state index in [1.54, 1.807) is 0 Å². The molecule has 1 aromatic heterocycles. The molecule has 0 amide bonds. The van der Waals surface area contributed by atoms with Crippen LogP contribution in [0.3, 0.4) is 0 Å². The summed E-state index contributed by atoms with van der Waals surface area (Å²) < 4.78 is 5.92. The van der Waals surface area contributed by atoms with Crippen molar-refractivity contribution in [3.05, 3.63) is 15.6 Å². The van der Waals surface area contributed by atoms with E-state index in [-0.39, 0.29) is 11.1 Å². The predicted octanol–water partition coefficient (Wildman–Crippen LogP) is 3.80. The van der Waals surface area contributed by atoms with E-state index >= 15 is 0 Å². The van der Waals surface area contributed by atoms with Gasteiger partial charge >= 0.3 is 0 Å². The molecule has 1 saturated heterocycles. The summed E-state index contributed by atoms with van der Waals surface area (Å²) in [5.74, 6) is 0. The molecule has 20 heavy (non-hydrogen) atoms. The second-order valence-corrected chi connectivity index (χ2v) is 7.62. The summed E-state index contributed by atoms with van der Waals surface area (Å²) in [5, 5.41) is 5.05. The minimum absolute atomic E-state index is 0.000602. The molecule has 0 bridgehead atoms. The van der Waals surface area contributed by atoms with Crippen LogP contribution in [-0.4, -0.2) is 23.7 Å². The topological polar surface area (TPSA) is 34.2 Å². The summed E-state index contributed by atoms with van der Waals surface area (Å²) in [7, 11) is 0. The largest absolute Gasteiger partial charge is 0.375 e. The molecule has 1 atom stereocenters. The lowest BCUT2D eigenvalue weighted by molar-refractivity contribution is -0.0897. The maximum Gasteiger partial charge on any atom is 0.113 e. The Bertz CT molecular complexity index is 455. The SMILES string of the molecule is CCCNC1(c2nc(CC)c(C)s2)CCOC(C)(C)C1. The normalized spacial score (nSPS) is 25.9. The number of hydrogen-bond donors (Lipinski definition) is 1. The van der Waals surface area contributed by atoms with Crippen LogP contribution in [0.5, 0.6) is 0 Å². The van der Waals surface area contributed by atoms with Crippen molar-refractivity contribution in [2.24, 2.45) is 0 Å². The van der Waals surface area contributed by atoms with Crippen LogP contribution >= 0.6 is 11.3 Å². The first kappa shape index (κ1) is 15.9. The molecular formula is C16H28N2OS. The van der Waals surface area contributed by atoms with Crippen molar-refractivity contribution in [1.29, 1.82) is 0 Å². The third kappa shape index (κ3) is 3.23. The lowest BCUT2D eigenvalue weighted by atomic mass is 9.81. The molecule has 0 spiro atoms. The fraction of sp³-hybridized carbons (Fsp3) is 0.812. The summed E-state index contributed by atoms with van der Waals surface area (Å²) in [5.41, 5.74) is 1.18. The first-order valence-electron chi connectivity index (χ1n) is 7.78. The minimum Gasteiger partial charge on any atom is -0.375 e. The zero-order valence-electron chi connectivity index (χ0n) is 13.5. The highest BCUT2D eigenvalue weighted by atomic mass is 32.1. The second-order valence-electron chi connectivity index (χ2n) is 6.42. The van der Waals surface area contributed by atoms with E-state index in [0.717, 1.165) is 38.8 Å². The zero-order chi connectivity index (χ0) is 14.8. The van der Waals surface area contributed by atoms with Gasteiger partial charge in [-0.05, 0) is 46.6 Å². The molecule has 0 radical (unpaired) electrons. The summed E-state index contributed by atoms with van der Waals surface area (Å²) in [4.78, 5) is 6.31. The van der Waals surface area contributed by atoms with E-state index in [2.05, 4.69) is 39.9 Å². The zero-order valence-corrected chi connectivity index (χ0v) is 14.3. The molecule has 1 aliphatic heterocycles. The minimum atomic E-state index is -0.0784. The molecule has 1 aliphatic rings. The van der Waals surface area contributed by atoms with Gasteiger partial charge < -0.3 is 10.1 Å². The van der Waals surface area contributed by atoms with Gasteiger partial charge in [0, 0.05) is 17.9 Å². The molecule has 2 heterocycles. The fourth-order valence-electron chi connectivity index (χ4n) is 3.10. The van der Waals surface area contributed by atoms with Crippen LogP contribution in [0.4, 0.5) is 0 Å². The molecule has 114 valence electrons. The van der Waals surface area contributed by atoms with Gasteiger partial charge in [0.15, 0.2) is 0 Å². The predicted molar refractivity (Wildman–Crippen MR) is 85.5 cm³/mol. The highest BCUT2D eigenvalue weighted by molar-refractivity contribution is 7.11. The molecule has 1 fully saturated rings. The van der Waals surface area contributed by atoms with Crippen LogP contribution < -0.4 is 5.32 Å². The van der Waals surface area contributed by atoms with Gasteiger partial charge in [0.2, 0.25) is 0 Å². The van der Waals surface area contributed by atoms with E-state index in [4.69, 9.17) is 9.72 Å². The van der Waals surface area contributed by atoms with Gasteiger partial charge in [-0.1, -0.05) is 13.8 Å². The van der Waals surface area contributed by atoms with Gasteiger partial charge in [-0.3, -0.25) is 0 Å². The average molecular weight is 296 g/mol. The van der Waals surface area contributed by atoms with Gasteiger partial charge in [0.05, 0.1) is 16.8 Å². The molecule has 0 saturated carbocycles. The number of nitrogens with one attached hydrogen (secondary N) is 1. The van der Waals surface area contributed by atoms with Gasteiger partial charge in [-0.25, -0.2) is 4.98 Å². The molecular weight excluding hydrogens is 268 g/mol. The smallest absolute Gasteiger partial charge is 0.113 e. The highest BCUT2D eigenvalue weighted by Gasteiger charge is 2.43. The molecule has 1 N–H and O–H groups in total. The molecule has 2 rings (SSSR count). The Balaban J connectivity index is 2.35. The summed E-state index contributed by atoms with van der Waals surface area (Å²) in [6.45, 7) is 12.8. The molecule has 0 aliphatic carbocycles. The number of aryl methyl sites for hydroxylation is 2. The van der Waals surface area contributed by atoms with Crippen molar-refractivity contribution in [2.45, 2.75) is 71.4 Å². The van der Waals surface area contributed by atoms with Crippen molar-refractivity contribution in [3.8, 4) is 0 Å². The fourth-order valence-corrected chi connectivity index (χ4v) is 4.30. The van der Waals surface area contributed by atoms with Crippen LogP contribution in [0, 0.1) is 6.92 Å². The van der Waals surface area contributed by atoms with E-state index in [0.29, 0.717) is 0 Å². The van der Waals surface area contributed by atoms with Gasteiger partial charge in [0.25, 0.3) is 0 Å². The molecule has 1 unspecified atom stereocenters. The lowest BCUT2D eigenvalue weighted by Gasteiger charge is -2.44. The van der Waals surface area contributed by atoms with E-state index in [1.165, 1.54) is 15.6 Å². The van der Waals surface area contributed by atoms with Gasteiger partial charge in [0.1, 0.15) is 5.01 Å². The number of rotatable bonds is 5. The average Bonchev–Trinajstić information content (AvgIpc) is 2.77. The van der Waals surface area contributed by atoms with Crippen LogP contribution in [0.1, 0.15) is 62.5 Å². The van der Waals surface area contributed by atoms with E-state index in [9.17, 15) is 0 Å². The Morgan fingerprint density at radius 1 is 1.35 bits per heavy atom. The second kappa shape index (κ2) is 6.12. The van der Waals surface area contributed by atoms with E-state index < -0.39 is 0 Å². The van der Waals surface area contributed by atoms with Gasteiger partial charge in [-0.2, -0.15) is 0 Å². The first-order valence-corrected chi connectivity index (χ1v) is 8.60. The quantitative estimate of drug-likeness (QED) is 0.897. The Hall–Kier alpha value is -0.450. The van der Waals surface area contributed by atoms with Crippen LogP contribution in [0.2, 0.25) is 0 Å². The third-order valence-corrected chi connectivity index (χ3v) is 5.32. The Morgan fingerprint density at radius 2 is 2.10 bits per heavy atom. The van der Waals surface area contributed by atoms with Crippen molar-refractivity contribution >= 4 is 11.3 Å². The molecule has 0 aromatic carbocycles. The summed E-state index contributed by atoms with van der Waals surface area (Å²) in [6, 6.07) is 0. The summed E-state index contributed by atoms with van der Waals surface area (Å²) in [6.07, 6.45) is 4.18. The third-order valence-electron chi connectivity index (χ3n) is 4.10. The first-order chi connectivity index (χ1) is 9.42. The van der Waals surface area contributed by atoms with Crippen LogP contribution in [-0.2, 0) is 16.7 Å². The Kier molecular flexibility index (Phi) is 4.88. The summed E-state index contributed by atoms with van der Waals surface area (Å²) >= 11 is 1.87. The Morgan fingerprint density at radius 3 is 2.65 bits per heavy atom. The highest BCUT2D eigenvalue weighted by Crippen LogP contribution is 2.41. The monoisotopic (exact) mass is 296 g/mol. The standard InChI is InChI=1S/C16H28N2OS/c1-6-9-17-16(8-10-19-15(4,5)11-16)14-18-13(7-2)12(3)20-14/h17H,6-11H2,1-5H3. The molecule has 1 aromatic rings. The number of ether oxygens (including phenoxy) is 1. The van der Waals surface area contributed by atoms with Gasteiger partial charge in [-0.15, -0.1) is 11.3 Å². The van der Waals surface area contributed by atoms with Crippen LogP contribution in [0.15, 0.2) is 0 Å². The van der Waals surface area contributed by atoms with Crippen molar-refractivity contribution < 1.29 is 4.74 Å². The number of hydrogen-bond acceptors (Lipinski definition) is 4. The number of aromatic nitrogens is 1. The van der Waals surface area contributed by atoms with E-state index in [1.807, 2.05) is 11.3 Å². The number of thiazole rings is 1. The van der Waals surface area contributed by atoms with Crippen molar-refractivity contribution in [1.82, 2.24) is 10.3 Å². The van der Waals surface area contributed by atoms with Crippen molar-refractivity contribution in [3.63, 3.8) is 0 Å². The Labute approximate surface area is 127 Å². The molecule has 3 nitrogen and oxygen atoms in total. The molecule has 4 heteroatoms. The maximum absolute atomic E-state index is 5.92. The lowest BCUT2D eigenvalue weighted by Crippen LogP contribution is -2.52. The van der Waals surface area contributed by atoms with Crippen molar-refractivity contribution in [2.75, 3.05) is 13.2 Å². The number of nitrogens with zero attached hydrogens (tertiary/aromatic N) is 1. The maximum atomic E-state index is 5.92.